The SMILES string of the molecule is CCC(Sc1ccccc1OC)C(=O)Nc1ccc(Cl)cn1. The van der Waals surface area contributed by atoms with E-state index in [0.29, 0.717) is 17.3 Å². The lowest BCUT2D eigenvalue weighted by molar-refractivity contribution is -0.115. The molecule has 1 unspecified atom stereocenters. The van der Waals surface area contributed by atoms with Gasteiger partial charge in [-0.25, -0.2) is 4.98 Å². The van der Waals surface area contributed by atoms with Gasteiger partial charge in [0, 0.05) is 6.20 Å². The normalized spacial score (nSPS) is 11.8. The molecule has 0 bridgehead atoms. The quantitative estimate of drug-likeness (QED) is 0.801. The molecule has 2 aromatic rings. The van der Waals surface area contributed by atoms with Crippen molar-refractivity contribution < 1.29 is 9.53 Å². The summed E-state index contributed by atoms with van der Waals surface area (Å²) in [5.74, 6) is 1.17. The standard InChI is InChI=1S/C16H17ClN2O2S/c1-3-13(22-14-7-5-4-6-12(14)21-2)16(20)19-15-9-8-11(17)10-18-15/h4-10,13H,3H2,1-2H3,(H,18,19,20). The number of hydrogen-bond acceptors (Lipinski definition) is 4. The molecule has 0 aliphatic heterocycles. The third-order valence-electron chi connectivity index (χ3n) is 2.98. The van der Waals surface area contributed by atoms with Crippen molar-refractivity contribution in [1.82, 2.24) is 4.98 Å². The number of thioether (sulfide) groups is 1. The number of amides is 1. The van der Waals surface area contributed by atoms with Gasteiger partial charge in [-0.1, -0.05) is 30.7 Å². The van der Waals surface area contributed by atoms with E-state index in [9.17, 15) is 4.79 Å². The van der Waals surface area contributed by atoms with Crippen LogP contribution in [-0.2, 0) is 4.79 Å². The van der Waals surface area contributed by atoms with E-state index < -0.39 is 0 Å². The molecule has 0 fully saturated rings. The zero-order chi connectivity index (χ0) is 15.9. The molecule has 0 radical (unpaired) electrons. The monoisotopic (exact) mass is 336 g/mol. The van der Waals surface area contributed by atoms with Gasteiger partial charge < -0.3 is 10.1 Å². The number of halogens is 1. The molecule has 1 heterocycles. The molecular formula is C16H17ClN2O2S. The van der Waals surface area contributed by atoms with Crippen molar-refractivity contribution in [2.45, 2.75) is 23.5 Å². The number of nitrogens with zero attached hydrogens (tertiary/aromatic N) is 1. The molecule has 0 aliphatic carbocycles. The number of carbonyl (C=O) groups excluding carboxylic acids is 1. The van der Waals surface area contributed by atoms with E-state index >= 15 is 0 Å². The van der Waals surface area contributed by atoms with Gasteiger partial charge in [0.1, 0.15) is 11.6 Å². The molecule has 2 rings (SSSR count). The van der Waals surface area contributed by atoms with Gasteiger partial charge in [-0.2, -0.15) is 0 Å². The number of carbonyl (C=O) groups is 1. The van der Waals surface area contributed by atoms with Gasteiger partial charge in [-0.15, -0.1) is 11.8 Å². The van der Waals surface area contributed by atoms with Crippen LogP contribution in [0.3, 0.4) is 0 Å². The molecule has 0 aliphatic rings. The average molecular weight is 337 g/mol. The van der Waals surface area contributed by atoms with Gasteiger partial charge in [-0.3, -0.25) is 4.79 Å². The number of methoxy groups -OCH3 is 1. The summed E-state index contributed by atoms with van der Waals surface area (Å²) in [5, 5.41) is 3.12. The predicted molar refractivity (Wildman–Crippen MR) is 90.8 cm³/mol. The van der Waals surface area contributed by atoms with Crippen LogP contribution in [0.2, 0.25) is 5.02 Å². The van der Waals surface area contributed by atoms with E-state index in [2.05, 4.69) is 10.3 Å². The minimum absolute atomic E-state index is 0.0896. The predicted octanol–water partition coefficient (Wildman–Crippen LogP) is 4.25. The molecule has 4 nitrogen and oxygen atoms in total. The van der Waals surface area contributed by atoms with Crippen LogP contribution in [0, 0.1) is 0 Å². The number of hydrogen-bond donors (Lipinski definition) is 1. The number of rotatable bonds is 6. The average Bonchev–Trinajstić information content (AvgIpc) is 2.55. The molecular weight excluding hydrogens is 320 g/mol. The van der Waals surface area contributed by atoms with E-state index in [1.54, 1.807) is 19.2 Å². The van der Waals surface area contributed by atoms with E-state index in [4.69, 9.17) is 16.3 Å². The first-order valence-corrected chi connectivity index (χ1v) is 8.12. The van der Waals surface area contributed by atoms with Crippen LogP contribution >= 0.6 is 23.4 Å². The topological polar surface area (TPSA) is 51.2 Å². The molecule has 0 saturated carbocycles. The summed E-state index contributed by atoms with van der Waals surface area (Å²) in [4.78, 5) is 17.4. The fraction of sp³-hybridized carbons (Fsp3) is 0.250. The Labute approximate surface area is 139 Å². The van der Waals surface area contributed by atoms with Crippen LogP contribution < -0.4 is 10.1 Å². The lowest BCUT2D eigenvalue weighted by atomic mass is 10.3. The van der Waals surface area contributed by atoms with Gasteiger partial charge in [0.2, 0.25) is 5.91 Å². The van der Waals surface area contributed by atoms with E-state index in [1.165, 1.54) is 18.0 Å². The first-order valence-electron chi connectivity index (χ1n) is 6.86. The largest absolute Gasteiger partial charge is 0.496 e. The Bertz CT molecular complexity index is 634. The van der Waals surface area contributed by atoms with Crippen LogP contribution in [-0.4, -0.2) is 23.3 Å². The highest BCUT2D eigenvalue weighted by atomic mass is 35.5. The van der Waals surface area contributed by atoms with Gasteiger partial charge in [0.15, 0.2) is 0 Å². The highest BCUT2D eigenvalue weighted by Crippen LogP contribution is 2.33. The third kappa shape index (κ3) is 4.39. The second kappa shape index (κ2) is 8.06. The molecule has 0 spiro atoms. The molecule has 1 aromatic carbocycles. The van der Waals surface area contributed by atoms with E-state index in [-0.39, 0.29) is 11.2 Å². The molecule has 6 heteroatoms. The number of anilines is 1. The molecule has 0 saturated heterocycles. The van der Waals surface area contributed by atoms with Crippen molar-refractivity contribution in [3.05, 3.63) is 47.6 Å². The summed E-state index contributed by atoms with van der Waals surface area (Å²) in [5.41, 5.74) is 0. The summed E-state index contributed by atoms with van der Waals surface area (Å²) in [6.07, 6.45) is 2.20. The molecule has 22 heavy (non-hydrogen) atoms. The van der Waals surface area contributed by atoms with Gasteiger partial charge >= 0.3 is 0 Å². The fourth-order valence-electron chi connectivity index (χ4n) is 1.85. The molecule has 1 N–H and O–H groups in total. The Kier molecular flexibility index (Phi) is 6.10. The van der Waals surface area contributed by atoms with Crippen molar-refractivity contribution >= 4 is 35.1 Å². The van der Waals surface area contributed by atoms with Gasteiger partial charge in [0.25, 0.3) is 0 Å². The van der Waals surface area contributed by atoms with E-state index in [0.717, 1.165) is 10.6 Å². The van der Waals surface area contributed by atoms with Crippen molar-refractivity contribution in [3.63, 3.8) is 0 Å². The Morgan fingerprint density at radius 2 is 2.14 bits per heavy atom. The van der Waals surface area contributed by atoms with E-state index in [1.807, 2.05) is 31.2 Å². The maximum atomic E-state index is 12.4. The maximum Gasteiger partial charge on any atom is 0.239 e. The Morgan fingerprint density at radius 3 is 2.77 bits per heavy atom. The number of benzene rings is 1. The second-order valence-electron chi connectivity index (χ2n) is 4.52. The fourth-order valence-corrected chi connectivity index (χ4v) is 3.02. The molecule has 1 aromatic heterocycles. The van der Waals surface area contributed by atoms with Crippen molar-refractivity contribution in [2.75, 3.05) is 12.4 Å². The zero-order valence-electron chi connectivity index (χ0n) is 12.4. The Balaban J connectivity index is 2.07. The van der Waals surface area contributed by atoms with Crippen molar-refractivity contribution in [2.24, 2.45) is 0 Å². The third-order valence-corrected chi connectivity index (χ3v) is 4.63. The summed E-state index contributed by atoms with van der Waals surface area (Å²) >= 11 is 7.27. The second-order valence-corrected chi connectivity index (χ2v) is 6.20. The maximum absolute atomic E-state index is 12.4. The summed E-state index contributed by atoms with van der Waals surface area (Å²) in [6.45, 7) is 1.97. The minimum Gasteiger partial charge on any atom is -0.496 e. The highest BCUT2D eigenvalue weighted by Gasteiger charge is 2.20. The summed E-state index contributed by atoms with van der Waals surface area (Å²) in [6, 6.07) is 11.0. The Hall–Kier alpha value is -1.72. The van der Waals surface area contributed by atoms with Crippen molar-refractivity contribution in [1.29, 1.82) is 0 Å². The highest BCUT2D eigenvalue weighted by molar-refractivity contribution is 8.00. The van der Waals surface area contributed by atoms with Crippen LogP contribution in [0.1, 0.15) is 13.3 Å². The number of aromatic nitrogens is 1. The summed E-state index contributed by atoms with van der Waals surface area (Å²) < 4.78 is 5.32. The number of nitrogens with one attached hydrogen (secondary N) is 1. The Morgan fingerprint density at radius 1 is 1.36 bits per heavy atom. The zero-order valence-corrected chi connectivity index (χ0v) is 13.9. The summed E-state index contributed by atoms with van der Waals surface area (Å²) in [7, 11) is 1.62. The van der Waals surface area contributed by atoms with Crippen LogP contribution in [0.5, 0.6) is 5.75 Å². The number of ether oxygens (including phenoxy) is 1. The number of para-hydroxylation sites is 1. The first-order chi connectivity index (χ1) is 10.6. The van der Waals surface area contributed by atoms with Gasteiger partial charge in [-0.05, 0) is 30.7 Å². The smallest absolute Gasteiger partial charge is 0.239 e. The van der Waals surface area contributed by atoms with Crippen molar-refractivity contribution in [3.8, 4) is 5.75 Å². The van der Waals surface area contributed by atoms with Gasteiger partial charge in [0.05, 0.1) is 22.3 Å². The number of pyridine rings is 1. The minimum atomic E-state index is -0.228. The molecule has 1 atom stereocenters. The van der Waals surface area contributed by atoms with Crippen LogP contribution in [0.25, 0.3) is 0 Å². The first kappa shape index (κ1) is 16.6. The lowest BCUT2D eigenvalue weighted by Crippen LogP contribution is -2.25. The molecule has 116 valence electrons. The lowest BCUT2D eigenvalue weighted by Gasteiger charge is -2.16. The van der Waals surface area contributed by atoms with Crippen LogP contribution in [0.4, 0.5) is 5.82 Å². The molecule has 1 amide bonds. The van der Waals surface area contributed by atoms with Crippen LogP contribution in [0.15, 0.2) is 47.5 Å².